The van der Waals surface area contributed by atoms with Crippen LogP contribution in [0, 0.1) is 18.0 Å². The standard InChI is InChI=1S/C9H11F/c10-8-4-2-1-3-5-9-6-7-9/h1-2,9H,3,5-7H2. The fourth-order valence-electron chi connectivity index (χ4n) is 0.912. The van der Waals surface area contributed by atoms with Crippen LogP contribution >= 0.6 is 0 Å². The summed E-state index contributed by atoms with van der Waals surface area (Å²) < 4.78 is 11.2. The summed E-state index contributed by atoms with van der Waals surface area (Å²) >= 11 is 0. The van der Waals surface area contributed by atoms with Crippen molar-refractivity contribution in [1.82, 2.24) is 0 Å². The third-order valence-electron chi connectivity index (χ3n) is 1.69. The number of rotatable bonds is 3. The van der Waals surface area contributed by atoms with Crippen molar-refractivity contribution in [2.75, 3.05) is 0 Å². The lowest BCUT2D eigenvalue weighted by atomic mass is 10.2. The molecule has 0 spiro atoms. The van der Waals surface area contributed by atoms with Gasteiger partial charge in [0.05, 0.1) is 0 Å². The van der Waals surface area contributed by atoms with Crippen LogP contribution in [0.2, 0.25) is 0 Å². The lowest BCUT2D eigenvalue weighted by Crippen LogP contribution is -1.71. The molecule has 0 bridgehead atoms. The number of hydrogen-bond donors (Lipinski definition) is 0. The Hall–Kier alpha value is -0.770. The third-order valence-corrected chi connectivity index (χ3v) is 1.69. The Morgan fingerprint density at radius 2 is 2.30 bits per heavy atom. The van der Waals surface area contributed by atoms with Crippen LogP contribution in [0.15, 0.2) is 12.2 Å². The van der Waals surface area contributed by atoms with E-state index in [9.17, 15) is 4.39 Å². The van der Waals surface area contributed by atoms with Gasteiger partial charge in [0.25, 0.3) is 0 Å². The summed E-state index contributed by atoms with van der Waals surface area (Å²) in [5.41, 5.74) is 0. The fraction of sp³-hybridized carbons (Fsp3) is 0.556. The second-order valence-corrected chi connectivity index (χ2v) is 2.66. The van der Waals surface area contributed by atoms with Gasteiger partial charge < -0.3 is 0 Å². The van der Waals surface area contributed by atoms with E-state index in [2.05, 4.69) is 5.92 Å². The van der Waals surface area contributed by atoms with E-state index >= 15 is 0 Å². The van der Waals surface area contributed by atoms with Gasteiger partial charge in [-0.15, -0.1) is 4.39 Å². The number of hydrogen-bond acceptors (Lipinski definition) is 0. The summed E-state index contributed by atoms with van der Waals surface area (Å²) in [6, 6.07) is 0. The maximum absolute atomic E-state index is 11.2. The van der Waals surface area contributed by atoms with Crippen molar-refractivity contribution in [2.24, 2.45) is 5.92 Å². The van der Waals surface area contributed by atoms with E-state index in [1.807, 2.05) is 6.08 Å². The summed E-state index contributed by atoms with van der Waals surface area (Å²) in [5.74, 6) is 3.21. The first-order chi connectivity index (χ1) is 4.93. The maximum Gasteiger partial charge on any atom is 0.110 e. The van der Waals surface area contributed by atoms with Crippen molar-refractivity contribution < 1.29 is 4.39 Å². The Morgan fingerprint density at radius 3 is 2.90 bits per heavy atom. The van der Waals surface area contributed by atoms with Crippen LogP contribution in [0.25, 0.3) is 0 Å². The number of allylic oxidation sites excluding steroid dienone is 2. The van der Waals surface area contributed by atoms with E-state index in [1.165, 1.54) is 25.4 Å². The maximum atomic E-state index is 11.2. The normalized spacial score (nSPS) is 16.9. The van der Waals surface area contributed by atoms with Crippen molar-refractivity contribution in [2.45, 2.75) is 25.7 Å². The predicted molar refractivity (Wildman–Crippen MR) is 40.0 cm³/mol. The minimum atomic E-state index is 0.961. The molecule has 0 atom stereocenters. The fourth-order valence-corrected chi connectivity index (χ4v) is 0.912. The Kier molecular flexibility index (Phi) is 3.02. The quantitative estimate of drug-likeness (QED) is 0.526. The van der Waals surface area contributed by atoms with Crippen LogP contribution in [-0.2, 0) is 0 Å². The third kappa shape index (κ3) is 3.29. The van der Waals surface area contributed by atoms with Gasteiger partial charge in [-0.3, -0.25) is 0 Å². The highest BCUT2D eigenvalue weighted by molar-refractivity contribution is 5.11. The van der Waals surface area contributed by atoms with E-state index < -0.39 is 0 Å². The zero-order chi connectivity index (χ0) is 7.23. The van der Waals surface area contributed by atoms with Gasteiger partial charge in [0.2, 0.25) is 0 Å². The van der Waals surface area contributed by atoms with Crippen molar-refractivity contribution in [1.29, 1.82) is 0 Å². The van der Waals surface area contributed by atoms with Crippen LogP contribution in [0.4, 0.5) is 4.39 Å². The molecule has 0 aromatic carbocycles. The molecule has 1 aliphatic carbocycles. The molecule has 0 amide bonds. The predicted octanol–water partition coefficient (Wildman–Crippen LogP) is 2.66. The average Bonchev–Trinajstić information content (AvgIpc) is 2.71. The van der Waals surface area contributed by atoms with Gasteiger partial charge >= 0.3 is 0 Å². The Labute approximate surface area is 61.1 Å². The molecule has 0 aromatic rings. The molecule has 0 aliphatic heterocycles. The van der Waals surface area contributed by atoms with Crippen molar-refractivity contribution >= 4 is 0 Å². The second kappa shape index (κ2) is 4.11. The zero-order valence-corrected chi connectivity index (χ0v) is 5.94. The first-order valence-corrected chi connectivity index (χ1v) is 3.69. The van der Waals surface area contributed by atoms with Gasteiger partial charge in [0.15, 0.2) is 0 Å². The summed E-state index contributed by atoms with van der Waals surface area (Å²) in [6.07, 6.45) is 9.95. The smallest absolute Gasteiger partial charge is 0.110 e. The first-order valence-electron chi connectivity index (χ1n) is 3.69. The van der Waals surface area contributed by atoms with Gasteiger partial charge in [-0.2, -0.15) is 0 Å². The molecule has 0 nitrogen and oxygen atoms in total. The van der Waals surface area contributed by atoms with E-state index in [-0.39, 0.29) is 0 Å². The Morgan fingerprint density at radius 1 is 1.50 bits per heavy atom. The summed E-state index contributed by atoms with van der Waals surface area (Å²) in [7, 11) is 0. The molecular weight excluding hydrogens is 127 g/mol. The molecular formula is C9H11F. The molecule has 1 saturated carbocycles. The average molecular weight is 138 g/mol. The molecule has 1 rings (SSSR count). The summed E-state index contributed by atoms with van der Waals surface area (Å²) in [6.45, 7) is 0. The summed E-state index contributed by atoms with van der Waals surface area (Å²) in [4.78, 5) is 0. The van der Waals surface area contributed by atoms with Crippen LogP contribution in [0.5, 0.6) is 0 Å². The van der Waals surface area contributed by atoms with E-state index in [0.717, 1.165) is 12.3 Å². The molecule has 0 aromatic heterocycles. The van der Waals surface area contributed by atoms with Gasteiger partial charge in [-0.25, -0.2) is 0 Å². The van der Waals surface area contributed by atoms with Crippen LogP contribution in [-0.4, -0.2) is 0 Å². The van der Waals surface area contributed by atoms with Gasteiger partial charge in [-0.05, 0) is 30.8 Å². The van der Waals surface area contributed by atoms with Crippen LogP contribution in [0.1, 0.15) is 25.7 Å². The highest BCUT2D eigenvalue weighted by Gasteiger charge is 2.19. The highest BCUT2D eigenvalue weighted by atomic mass is 19.1. The second-order valence-electron chi connectivity index (χ2n) is 2.66. The SMILES string of the molecule is FC#CC=CCCC1CC1. The topological polar surface area (TPSA) is 0 Å². The Bertz CT molecular complexity index is 167. The lowest BCUT2D eigenvalue weighted by molar-refractivity contribution is 0.742. The van der Waals surface area contributed by atoms with Crippen LogP contribution in [0.3, 0.4) is 0 Å². The van der Waals surface area contributed by atoms with Crippen LogP contribution < -0.4 is 0 Å². The molecule has 0 N–H and O–H groups in total. The molecule has 54 valence electrons. The molecule has 1 heteroatoms. The molecule has 10 heavy (non-hydrogen) atoms. The molecule has 1 aliphatic rings. The molecule has 0 radical (unpaired) electrons. The van der Waals surface area contributed by atoms with Crippen molar-refractivity contribution in [3.05, 3.63) is 12.2 Å². The highest BCUT2D eigenvalue weighted by Crippen LogP contribution is 2.33. The van der Waals surface area contributed by atoms with E-state index in [0.29, 0.717) is 0 Å². The number of halogens is 1. The lowest BCUT2D eigenvalue weighted by Gasteiger charge is -1.86. The molecule has 0 saturated heterocycles. The zero-order valence-electron chi connectivity index (χ0n) is 5.94. The molecule has 0 unspecified atom stereocenters. The Balaban J connectivity index is 1.95. The summed E-state index contributed by atoms with van der Waals surface area (Å²) in [5, 5.41) is 0. The van der Waals surface area contributed by atoms with E-state index in [1.54, 1.807) is 6.08 Å². The van der Waals surface area contributed by atoms with Crippen molar-refractivity contribution in [3.8, 4) is 12.1 Å². The largest absolute Gasteiger partial charge is 0.144 e. The van der Waals surface area contributed by atoms with Gasteiger partial charge in [-0.1, -0.05) is 18.9 Å². The van der Waals surface area contributed by atoms with Gasteiger partial charge in [0.1, 0.15) is 6.17 Å². The minimum Gasteiger partial charge on any atom is -0.144 e. The van der Waals surface area contributed by atoms with Crippen molar-refractivity contribution in [3.63, 3.8) is 0 Å². The minimum absolute atomic E-state index is 0.961. The van der Waals surface area contributed by atoms with E-state index in [4.69, 9.17) is 0 Å². The molecule has 0 heterocycles. The monoisotopic (exact) mass is 138 g/mol. The first kappa shape index (κ1) is 7.34. The molecule has 1 fully saturated rings. The van der Waals surface area contributed by atoms with Gasteiger partial charge in [0, 0.05) is 0 Å².